The Labute approximate surface area is 145 Å². The Bertz CT molecular complexity index is 828. The van der Waals surface area contributed by atoms with E-state index in [-0.39, 0.29) is 11.9 Å². The van der Waals surface area contributed by atoms with Gasteiger partial charge in [0.25, 0.3) is 11.7 Å². The SMILES string of the molecule is COc1ccc(N=C2C=C[NH+]=C3C2C(=O)N(C)C(=O)N3C)cc1OC. The monoisotopic (exact) mass is 343 g/mol. The van der Waals surface area contributed by atoms with Gasteiger partial charge < -0.3 is 9.47 Å². The maximum Gasteiger partial charge on any atom is 0.417 e. The Kier molecular flexibility index (Phi) is 4.26. The number of amides is 3. The Morgan fingerprint density at radius 1 is 1.08 bits per heavy atom. The van der Waals surface area contributed by atoms with Gasteiger partial charge in [-0.3, -0.25) is 9.79 Å². The zero-order valence-corrected chi connectivity index (χ0v) is 14.4. The summed E-state index contributed by atoms with van der Waals surface area (Å²) in [6.45, 7) is 0. The fourth-order valence-electron chi connectivity index (χ4n) is 2.83. The van der Waals surface area contributed by atoms with Crippen molar-refractivity contribution in [2.24, 2.45) is 10.9 Å². The molecule has 0 aromatic heterocycles. The van der Waals surface area contributed by atoms with Crippen molar-refractivity contribution in [3.63, 3.8) is 0 Å². The van der Waals surface area contributed by atoms with E-state index in [1.54, 1.807) is 51.7 Å². The van der Waals surface area contributed by atoms with Crippen molar-refractivity contribution in [3.8, 4) is 11.5 Å². The molecule has 0 saturated carbocycles. The topological polar surface area (TPSA) is 85.4 Å². The van der Waals surface area contributed by atoms with Gasteiger partial charge in [0.2, 0.25) is 0 Å². The number of ether oxygens (including phenoxy) is 2. The van der Waals surface area contributed by atoms with Gasteiger partial charge in [0.15, 0.2) is 17.4 Å². The summed E-state index contributed by atoms with van der Waals surface area (Å²) in [7, 11) is 6.19. The number of nitrogens with zero attached hydrogens (tertiary/aromatic N) is 3. The number of rotatable bonds is 3. The summed E-state index contributed by atoms with van der Waals surface area (Å²) in [5.74, 6) is 0.652. The molecule has 1 aromatic rings. The predicted octanol–water partition coefficient (Wildman–Crippen LogP) is -0.0773. The molecule has 1 atom stereocenters. The van der Waals surface area contributed by atoms with Crippen LogP contribution < -0.4 is 14.5 Å². The predicted molar refractivity (Wildman–Crippen MR) is 91.2 cm³/mol. The molecule has 0 bridgehead atoms. The van der Waals surface area contributed by atoms with Crippen LogP contribution in [0.5, 0.6) is 11.5 Å². The normalized spacial score (nSPS) is 21.4. The van der Waals surface area contributed by atoms with Crippen molar-refractivity contribution in [3.05, 3.63) is 30.5 Å². The molecule has 0 spiro atoms. The van der Waals surface area contributed by atoms with Crippen LogP contribution in [0, 0.1) is 5.92 Å². The van der Waals surface area contributed by atoms with Crippen molar-refractivity contribution in [2.75, 3.05) is 28.3 Å². The molecule has 2 aliphatic rings. The third kappa shape index (κ3) is 2.75. The van der Waals surface area contributed by atoms with Gasteiger partial charge in [-0.1, -0.05) is 0 Å². The van der Waals surface area contributed by atoms with Crippen LogP contribution in [0.15, 0.2) is 35.5 Å². The summed E-state index contributed by atoms with van der Waals surface area (Å²) >= 11 is 0. The summed E-state index contributed by atoms with van der Waals surface area (Å²) in [5, 5.41) is 0. The van der Waals surface area contributed by atoms with Crippen LogP contribution in [-0.2, 0) is 4.79 Å². The molecule has 0 aliphatic carbocycles. The molecule has 1 aromatic carbocycles. The molecule has 3 amide bonds. The summed E-state index contributed by atoms with van der Waals surface area (Å²) in [6, 6.07) is 4.87. The Balaban J connectivity index is 2.02. The summed E-state index contributed by atoms with van der Waals surface area (Å²) in [4.78, 5) is 34.8. The van der Waals surface area contributed by atoms with Gasteiger partial charge in [-0.05, 0) is 12.1 Å². The molecule has 1 saturated heterocycles. The van der Waals surface area contributed by atoms with E-state index < -0.39 is 5.92 Å². The van der Waals surface area contributed by atoms with Crippen LogP contribution in [0.4, 0.5) is 10.5 Å². The number of fused-ring (bicyclic) bond motifs is 1. The number of carbonyl (C=O) groups is 2. The maximum atomic E-state index is 12.6. The van der Waals surface area contributed by atoms with Gasteiger partial charge in [-0.15, -0.1) is 0 Å². The molecule has 8 nitrogen and oxygen atoms in total. The first-order valence-electron chi connectivity index (χ1n) is 7.63. The van der Waals surface area contributed by atoms with Crippen molar-refractivity contribution in [1.29, 1.82) is 0 Å². The lowest BCUT2D eigenvalue weighted by Gasteiger charge is -2.31. The highest BCUT2D eigenvalue weighted by molar-refractivity contribution is 6.30. The summed E-state index contributed by atoms with van der Waals surface area (Å²) < 4.78 is 10.5. The highest BCUT2D eigenvalue weighted by Gasteiger charge is 2.49. The van der Waals surface area contributed by atoms with Crippen LogP contribution in [0.25, 0.3) is 0 Å². The quantitative estimate of drug-likeness (QED) is 0.832. The van der Waals surface area contributed by atoms with E-state index in [9.17, 15) is 9.59 Å². The second-order valence-corrected chi connectivity index (χ2v) is 5.61. The van der Waals surface area contributed by atoms with Crippen molar-refractivity contribution in [2.45, 2.75) is 0 Å². The minimum atomic E-state index is -0.661. The lowest BCUT2D eigenvalue weighted by molar-refractivity contribution is -0.382. The van der Waals surface area contributed by atoms with Gasteiger partial charge >= 0.3 is 6.03 Å². The number of hydrogen-bond acceptors (Lipinski definition) is 5. The summed E-state index contributed by atoms with van der Waals surface area (Å²) in [6.07, 6.45) is 3.38. The first kappa shape index (κ1) is 16.7. The fraction of sp³-hybridized carbons (Fsp3) is 0.294. The van der Waals surface area contributed by atoms with Crippen molar-refractivity contribution < 1.29 is 24.1 Å². The molecule has 2 heterocycles. The molecule has 3 rings (SSSR count). The number of urea groups is 1. The van der Waals surface area contributed by atoms with E-state index in [4.69, 9.17) is 9.47 Å². The van der Waals surface area contributed by atoms with Crippen LogP contribution in [-0.4, -0.2) is 61.6 Å². The van der Waals surface area contributed by atoms with E-state index in [0.29, 0.717) is 28.7 Å². The Morgan fingerprint density at radius 3 is 2.48 bits per heavy atom. The zero-order valence-electron chi connectivity index (χ0n) is 14.4. The number of amidine groups is 1. The molecule has 1 N–H and O–H groups in total. The van der Waals surface area contributed by atoms with E-state index in [1.807, 2.05) is 0 Å². The number of carbonyl (C=O) groups excluding carboxylic acids is 2. The van der Waals surface area contributed by atoms with Crippen molar-refractivity contribution >= 4 is 29.2 Å². The average molecular weight is 343 g/mol. The number of benzene rings is 1. The van der Waals surface area contributed by atoms with Gasteiger partial charge in [-0.25, -0.2) is 14.7 Å². The van der Waals surface area contributed by atoms with Crippen LogP contribution in [0.3, 0.4) is 0 Å². The highest BCUT2D eigenvalue weighted by atomic mass is 16.5. The number of methoxy groups -OCH3 is 2. The zero-order chi connectivity index (χ0) is 18.1. The molecule has 0 radical (unpaired) electrons. The molecule has 8 heteroatoms. The number of imide groups is 1. The van der Waals surface area contributed by atoms with E-state index >= 15 is 0 Å². The first-order valence-corrected chi connectivity index (χ1v) is 7.63. The minimum Gasteiger partial charge on any atom is -0.493 e. The van der Waals surface area contributed by atoms with Crippen LogP contribution >= 0.6 is 0 Å². The smallest absolute Gasteiger partial charge is 0.417 e. The molecule has 1 unspecified atom stereocenters. The maximum absolute atomic E-state index is 12.6. The molecule has 25 heavy (non-hydrogen) atoms. The lowest BCUT2D eigenvalue weighted by atomic mass is 9.95. The molecular weight excluding hydrogens is 324 g/mol. The van der Waals surface area contributed by atoms with Crippen molar-refractivity contribution in [1.82, 2.24) is 9.80 Å². The standard InChI is InChI=1S/C17H18N4O4/c1-20-15-14(16(22)21(2)17(20)23)11(7-8-18-15)19-10-5-6-12(24-3)13(9-10)25-4/h5-9,14H,1-4H3/p+1. The fourth-order valence-corrected chi connectivity index (χ4v) is 2.83. The highest BCUT2D eigenvalue weighted by Crippen LogP contribution is 2.32. The van der Waals surface area contributed by atoms with E-state index in [0.717, 1.165) is 4.90 Å². The largest absolute Gasteiger partial charge is 0.493 e. The average Bonchev–Trinajstić information content (AvgIpc) is 2.64. The lowest BCUT2D eigenvalue weighted by Crippen LogP contribution is -2.79. The van der Waals surface area contributed by atoms with Gasteiger partial charge in [0.05, 0.1) is 38.9 Å². The number of nitrogens with one attached hydrogen (secondary N) is 1. The van der Waals surface area contributed by atoms with Crippen LogP contribution in [0.1, 0.15) is 0 Å². The first-order chi connectivity index (χ1) is 12.0. The van der Waals surface area contributed by atoms with Gasteiger partial charge in [-0.2, -0.15) is 4.90 Å². The Morgan fingerprint density at radius 2 is 1.80 bits per heavy atom. The van der Waals surface area contributed by atoms with E-state index in [1.165, 1.54) is 11.9 Å². The minimum absolute atomic E-state index is 0.325. The Hall–Kier alpha value is -3.16. The second kappa shape index (κ2) is 6.39. The number of aliphatic imine (C=N–C) groups is 1. The van der Waals surface area contributed by atoms with Crippen LogP contribution in [0.2, 0.25) is 0 Å². The molecule has 1 fully saturated rings. The number of allylic oxidation sites excluding steroid dienone is 1. The van der Waals surface area contributed by atoms with Gasteiger partial charge in [0, 0.05) is 19.2 Å². The molecular formula is C17H19N4O4+. The molecule has 2 aliphatic heterocycles. The number of hydrogen-bond donors (Lipinski definition) is 1. The summed E-state index contributed by atoms with van der Waals surface area (Å²) in [5.41, 5.74) is 1.16. The van der Waals surface area contributed by atoms with E-state index in [2.05, 4.69) is 9.98 Å². The third-order valence-corrected chi connectivity index (χ3v) is 4.19. The second-order valence-electron chi connectivity index (χ2n) is 5.61. The third-order valence-electron chi connectivity index (χ3n) is 4.19. The van der Waals surface area contributed by atoms with Gasteiger partial charge in [0.1, 0.15) is 0 Å². The molecule has 130 valence electrons.